The van der Waals surface area contributed by atoms with E-state index in [1.165, 1.54) is 23.5 Å². The standard InChI is InChI=1S/C14H15FN2OS/c1-9-8-16-4-5-17(9)14(18)13-6-10-2-3-11(15)7-12(10)19-13/h2-3,6-7,9,16H,4-5,8H2,1H3. The number of hydrogen-bond donors (Lipinski definition) is 1. The van der Waals surface area contributed by atoms with Crippen molar-refractivity contribution in [3.8, 4) is 0 Å². The van der Waals surface area contributed by atoms with Crippen LogP contribution in [-0.4, -0.2) is 36.5 Å². The smallest absolute Gasteiger partial charge is 0.264 e. The molecule has 0 saturated carbocycles. The second kappa shape index (κ2) is 4.90. The Morgan fingerprint density at radius 1 is 1.47 bits per heavy atom. The highest BCUT2D eigenvalue weighted by Gasteiger charge is 2.25. The molecule has 100 valence electrons. The van der Waals surface area contributed by atoms with Gasteiger partial charge in [0.05, 0.1) is 4.88 Å². The van der Waals surface area contributed by atoms with Gasteiger partial charge < -0.3 is 10.2 Å². The molecule has 1 N–H and O–H groups in total. The first-order valence-electron chi connectivity index (χ1n) is 6.36. The van der Waals surface area contributed by atoms with Gasteiger partial charge in [-0.1, -0.05) is 6.07 Å². The van der Waals surface area contributed by atoms with E-state index in [-0.39, 0.29) is 17.8 Å². The van der Waals surface area contributed by atoms with E-state index in [4.69, 9.17) is 0 Å². The van der Waals surface area contributed by atoms with Crippen molar-refractivity contribution < 1.29 is 9.18 Å². The molecule has 0 radical (unpaired) electrons. The number of hydrogen-bond acceptors (Lipinski definition) is 3. The Balaban J connectivity index is 1.92. The second-order valence-electron chi connectivity index (χ2n) is 4.84. The van der Waals surface area contributed by atoms with Crippen LogP contribution in [-0.2, 0) is 0 Å². The van der Waals surface area contributed by atoms with E-state index in [0.29, 0.717) is 4.88 Å². The van der Waals surface area contributed by atoms with Gasteiger partial charge in [-0.3, -0.25) is 4.79 Å². The summed E-state index contributed by atoms with van der Waals surface area (Å²) in [5.74, 6) is -0.209. The average Bonchev–Trinajstić information content (AvgIpc) is 2.81. The lowest BCUT2D eigenvalue weighted by atomic mass is 10.2. The first-order valence-corrected chi connectivity index (χ1v) is 7.17. The van der Waals surface area contributed by atoms with Crippen molar-refractivity contribution in [1.29, 1.82) is 0 Å². The zero-order valence-corrected chi connectivity index (χ0v) is 11.5. The van der Waals surface area contributed by atoms with Crippen molar-refractivity contribution in [2.24, 2.45) is 0 Å². The van der Waals surface area contributed by atoms with Gasteiger partial charge in [0.1, 0.15) is 5.82 Å². The summed E-state index contributed by atoms with van der Waals surface area (Å²) < 4.78 is 14.0. The molecule has 1 amide bonds. The normalized spacial score (nSPS) is 19.9. The van der Waals surface area contributed by atoms with Crippen LogP contribution in [0.15, 0.2) is 24.3 Å². The van der Waals surface area contributed by atoms with Crippen LogP contribution >= 0.6 is 11.3 Å². The van der Waals surface area contributed by atoms with Crippen LogP contribution in [0.4, 0.5) is 4.39 Å². The van der Waals surface area contributed by atoms with Crippen molar-refractivity contribution in [2.75, 3.05) is 19.6 Å². The summed E-state index contributed by atoms with van der Waals surface area (Å²) in [6.45, 7) is 4.42. The quantitative estimate of drug-likeness (QED) is 0.869. The monoisotopic (exact) mass is 278 g/mol. The molecule has 0 aliphatic carbocycles. The number of halogens is 1. The lowest BCUT2D eigenvalue weighted by molar-refractivity contribution is 0.0661. The minimum absolute atomic E-state index is 0.0515. The van der Waals surface area contributed by atoms with E-state index in [2.05, 4.69) is 5.32 Å². The second-order valence-corrected chi connectivity index (χ2v) is 5.93. The molecular formula is C14H15FN2OS. The predicted molar refractivity (Wildman–Crippen MR) is 75.2 cm³/mol. The predicted octanol–water partition coefficient (Wildman–Crippen LogP) is 2.47. The maximum absolute atomic E-state index is 13.2. The zero-order valence-electron chi connectivity index (χ0n) is 10.6. The molecule has 1 aliphatic rings. The Morgan fingerprint density at radius 3 is 3.11 bits per heavy atom. The molecule has 2 heterocycles. The van der Waals surface area contributed by atoms with Crippen molar-refractivity contribution >= 4 is 27.3 Å². The van der Waals surface area contributed by atoms with Gasteiger partial charge in [0, 0.05) is 30.4 Å². The number of piperazine rings is 1. The summed E-state index contributed by atoms with van der Waals surface area (Å²) >= 11 is 1.36. The van der Waals surface area contributed by atoms with Gasteiger partial charge >= 0.3 is 0 Å². The first kappa shape index (κ1) is 12.6. The highest BCUT2D eigenvalue weighted by atomic mass is 32.1. The zero-order chi connectivity index (χ0) is 13.4. The van der Waals surface area contributed by atoms with Gasteiger partial charge in [-0.25, -0.2) is 4.39 Å². The van der Waals surface area contributed by atoms with Crippen LogP contribution in [0.2, 0.25) is 0 Å². The average molecular weight is 278 g/mol. The molecule has 3 nitrogen and oxygen atoms in total. The van der Waals surface area contributed by atoms with Gasteiger partial charge in [-0.05, 0) is 30.5 Å². The van der Waals surface area contributed by atoms with E-state index >= 15 is 0 Å². The molecule has 0 bridgehead atoms. The van der Waals surface area contributed by atoms with Gasteiger partial charge in [0.2, 0.25) is 0 Å². The van der Waals surface area contributed by atoms with Crippen LogP contribution in [0.5, 0.6) is 0 Å². The Morgan fingerprint density at radius 2 is 2.32 bits per heavy atom. The highest BCUT2D eigenvalue weighted by molar-refractivity contribution is 7.20. The number of nitrogens with one attached hydrogen (secondary N) is 1. The van der Waals surface area contributed by atoms with Gasteiger partial charge in [0.25, 0.3) is 5.91 Å². The topological polar surface area (TPSA) is 32.3 Å². The van der Waals surface area contributed by atoms with Crippen molar-refractivity contribution in [3.63, 3.8) is 0 Å². The largest absolute Gasteiger partial charge is 0.333 e. The van der Waals surface area contributed by atoms with Crippen molar-refractivity contribution in [1.82, 2.24) is 10.2 Å². The molecule has 1 aliphatic heterocycles. The molecule has 1 unspecified atom stereocenters. The summed E-state index contributed by atoms with van der Waals surface area (Å²) in [6.07, 6.45) is 0. The molecule has 1 aromatic heterocycles. The van der Waals surface area contributed by atoms with Crippen molar-refractivity contribution in [3.05, 3.63) is 35.0 Å². The van der Waals surface area contributed by atoms with Crippen LogP contribution in [0.1, 0.15) is 16.6 Å². The minimum atomic E-state index is -0.260. The van der Waals surface area contributed by atoms with E-state index in [0.717, 1.165) is 29.7 Å². The van der Waals surface area contributed by atoms with E-state index in [9.17, 15) is 9.18 Å². The van der Waals surface area contributed by atoms with Crippen LogP contribution < -0.4 is 5.32 Å². The number of fused-ring (bicyclic) bond motifs is 1. The maximum atomic E-state index is 13.2. The Bertz CT molecular complexity index is 625. The number of benzene rings is 1. The lowest BCUT2D eigenvalue weighted by Gasteiger charge is -2.33. The first-order chi connectivity index (χ1) is 9.15. The molecule has 3 rings (SSSR count). The molecule has 5 heteroatoms. The third kappa shape index (κ3) is 2.35. The number of rotatable bonds is 1. The van der Waals surface area contributed by atoms with Crippen LogP contribution in [0.25, 0.3) is 10.1 Å². The summed E-state index contributed by atoms with van der Waals surface area (Å²) in [6, 6.07) is 6.69. The third-order valence-electron chi connectivity index (χ3n) is 3.46. The van der Waals surface area contributed by atoms with Crippen LogP contribution in [0, 0.1) is 5.82 Å². The van der Waals surface area contributed by atoms with E-state index in [1.807, 2.05) is 17.9 Å². The van der Waals surface area contributed by atoms with Gasteiger partial charge in [-0.15, -0.1) is 11.3 Å². The molecule has 19 heavy (non-hydrogen) atoms. The third-order valence-corrected chi connectivity index (χ3v) is 4.54. The number of nitrogens with zero attached hydrogens (tertiary/aromatic N) is 1. The number of thiophene rings is 1. The SMILES string of the molecule is CC1CNCCN1C(=O)c1cc2ccc(F)cc2s1. The van der Waals surface area contributed by atoms with Gasteiger partial charge in [0.15, 0.2) is 0 Å². The highest BCUT2D eigenvalue weighted by Crippen LogP contribution is 2.27. The molecule has 0 spiro atoms. The Kier molecular flexibility index (Phi) is 3.24. The summed E-state index contributed by atoms with van der Waals surface area (Å²) in [4.78, 5) is 15.1. The summed E-state index contributed by atoms with van der Waals surface area (Å²) in [5, 5.41) is 4.19. The number of amides is 1. The fraction of sp³-hybridized carbons (Fsp3) is 0.357. The summed E-state index contributed by atoms with van der Waals surface area (Å²) in [5.41, 5.74) is 0. The molecule has 1 aromatic carbocycles. The fourth-order valence-corrected chi connectivity index (χ4v) is 3.44. The van der Waals surface area contributed by atoms with Crippen molar-refractivity contribution in [2.45, 2.75) is 13.0 Å². The number of carbonyl (C=O) groups is 1. The molecular weight excluding hydrogens is 263 g/mol. The van der Waals surface area contributed by atoms with Crippen LogP contribution in [0.3, 0.4) is 0 Å². The number of carbonyl (C=O) groups excluding carboxylic acids is 1. The Hall–Kier alpha value is -1.46. The molecule has 1 saturated heterocycles. The molecule has 1 fully saturated rings. The summed E-state index contributed by atoms with van der Waals surface area (Å²) in [7, 11) is 0. The Labute approximate surface area is 115 Å². The molecule has 1 atom stereocenters. The van der Waals surface area contributed by atoms with E-state index in [1.54, 1.807) is 6.07 Å². The lowest BCUT2D eigenvalue weighted by Crippen LogP contribution is -2.52. The maximum Gasteiger partial charge on any atom is 0.264 e. The minimum Gasteiger partial charge on any atom is -0.333 e. The molecule has 2 aromatic rings. The van der Waals surface area contributed by atoms with Gasteiger partial charge in [-0.2, -0.15) is 0 Å². The fourth-order valence-electron chi connectivity index (χ4n) is 2.39. The van der Waals surface area contributed by atoms with E-state index < -0.39 is 0 Å².